The first-order valence-electron chi connectivity index (χ1n) is 5.81. The van der Waals surface area contributed by atoms with Crippen molar-refractivity contribution in [3.8, 4) is 11.5 Å². The van der Waals surface area contributed by atoms with E-state index in [4.69, 9.17) is 12.2 Å². The quantitative estimate of drug-likeness (QED) is 0.854. The molecule has 0 saturated carbocycles. The van der Waals surface area contributed by atoms with Gasteiger partial charge in [0.05, 0.1) is 0 Å². The summed E-state index contributed by atoms with van der Waals surface area (Å²) >= 11 is 7.15. The average molecular weight is 280 g/mol. The second kappa shape index (κ2) is 6.15. The molecule has 6 heteroatoms. The highest BCUT2D eigenvalue weighted by Gasteiger charge is 2.14. The number of nitrogens with one attached hydrogen (secondary N) is 1. The van der Waals surface area contributed by atoms with Crippen LogP contribution < -0.4 is 0 Å². The van der Waals surface area contributed by atoms with E-state index >= 15 is 0 Å². The topological polar surface area (TPSA) is 46.5 Å². The van der Waals surface area contributed by atoms with Crippen molar-refractivity contribution in [1.82, 2.24) is 19.7 Å². The highest BCUT2D eigenvalue weighted by molar-refractivity contribution is 7.98. The van der Waals surface area contributed by atoms with Gasteiger partial charge in [-0.25, -0.2) is 0 Å². The summed E-state index contributed by atoms with van der Waals surface area (Å²) in [6.07, 6.45) is 4.94. The zero-order chi connectivity index (χ0) is 13.0. The van der Waals surface area contributed by atoms with Gasteiger partial charge in [0, 0.05) is 12.2 Å². The molecule has 0 aliphatic heterocycles. The van der Waals surface area contributed by atoms with Crippen molar-refractivity contribution in [1.29, 1.82) is 0 Å². The molecule has 4 nitrogen and oxygen atoms in total. The maximum Gasteiger partial charge on any atom is 0.195 e. The van der Waals surface area contributed by atoms with Gasteiger partial charge in [0.2, 0.25) is 0 Å². The minimum atomic E-state index is 0.320. The van der Waals surface area contributed by atoms with E-state index in [9.17, 15) is 0 Å². The monoisotopic (exact) mass is 280 g/mol. The van der Waals surface area contributed by atoms with Gasteiger partial charge in [-0.1, -0.05) is 6.07 Å². The summed E-state index contributed by atoms with van der Waals surface area (Å²) in [4.78, 5) is 4.33. The van der Waals surface area contributed by atoms with Crippen molar-refractivity contribution in [2.45, 2.75) is 19.4 Å². The van der Waals surface area contributed by atoms with E-state index in [1.54, 1.807) is 6.20 Å². The van der Waals surface area contributed by atoms with Crippen LogP contribution in [0.5, 0.6) is 0 Å². The van der Waals surface area contributed by atoms with Crippen LogP contribution in [0.4, 0.5) is 0 Å². The lowest BCUT2D eigenvalue weighted by Gasteiger charge is -2.14. The number of pyridine rings is 1. The molecule has 0 saturated heterocycles. The summed E-state index contributed by atoms with van der Waals surface area (Å²) in [6, 6.07) is 6.12. The fraction of sp³-hybridized carbons (Fsp3) is 0.417. The maximum atomic E-state index is 5.31. The molecule has 96 valence electrons. The van der Waals surface area contributed by atoms with Gasteiger partial charge >= 0.3 is 0 Å². The molecule has 0 bridgehead atoms. The van der Waals surface area contributed by atoms with Crippen LogP contribution in [0, 0.1) is 4.77 Å². The number of rotatable bonds is 5. The number of aromatic nitrogens is 4. The molecule has 2 aromatic rings. The van der Waals surface area contributed by atoms with Crippen molar-refractivity contribution >= 4 is 24.0 Å². The molecule has 1 atom stereocenters. The van der Waals surface area contributed by atoms with Crippen LogP contribution in [0.1, 0.15) is 19.4 Å². The lowest BCUT2D eigenvalue weighted by atomic mass is 10.2. The second-order valence-electron chi connectivity index (χ2n) is 4.07. The Morgan fingerprint density at radius 2 is 2.33 bits per heavy atom. The third-order valence-electron chi connectivity index (χ3n) is 2.78. The SMILES string of the molecule is CSCCC(C)n1c(-c2ccccn2)n[nH]c1=S. The minimum absolute atomic E-state index is 0.320. The van der Waals surface area contributed by atoms with Crippen molar-refractivity contribution in [2.75, 3.05) is 12.0 Å². The number of hydrogen-bond donors (Lipinski definition) is 1. The van der Waals surface area contributed by atoms with Crippen LogP contribution in [0.2, 0.25) is 0 Å². The number of thioether (sulfide) groups is 1. The zero-order valence-corrected chi connectivity index (χ0v) is 12.1. The summed E-state index contributed by atoms with van der Waals surface area (Å²) in [5.41, 5.74) is 0.848. The average Bonchev–Trinajstić information content (AvgIpc) is 2.79. The Kier molecular flexibility index (Phi) is 4.54. The standard InChI is InChI=1S/C12H16N4S2/c1-9(6-8-18-2)16-11(14-15-12(16)17)10-5-3-4-7-13-10/h3-5,7,9H,6,8H2,1-2H3,(H,15,17). The Labute approximate surface area is 116 Å². The van der Waals surface area contributed by atoms with Crippen LogP contribution in [0.25, 0.3) is 11.5 Å². The zero-order valence-electron chi connectivity index (χ0n) is 10.5. The van der Waals surface area contributed by atoms with Crippen molar-refractivity contribution in [3.63, 3.8) is 0 Å². The first kappa shape index (κ1) is 13.3. The molecular formula is C12H16N4S2. The van der Waals surface area contributed by atoms with E-state index in [1.807, 2.05) is 34.5 Å². The first-order chi connectivity index (χ1) is 8.74. The van der Waals surface area contributed by atoms with Crippen molar-refractivity contribution in [3.05, 3.63) is 29.2 Å². The molecular weight excluding hydrogens is 264 g/mol. The van der Waals surface area contributed by atoms with Crippen molar-refractivity contribution in [2.24, 2.45) is 0 Å². The van der Waals surface area contributed by atoms with Crippen LogP contribution in [-0.2, 0) is 0 Å². The lowest BCUT2D eigenvalue weighted by Crippen LogP contribution is -2.08. The van der Waals surface area contributed by atoms with Gasteiger partial charge in [0.1, 0.15) is 5.69 Å². The van der Waals surface area contributed by atoms with Crippen LogP contribution >= 0.6 is 24.0 Å². The summed E-state index contributed by atoms with van der Waals surface area (Å²) in [5, 5.41) is 7.15. The molecule has 2 rings (SSSR count). The van der Waals surface area contributed by atoms with Crippen LogP contribution in [-0.4, -0.2) is 31.8 Å². The van der Waals surface area contributed by atoms with Gasteiger partial charge < -0.3 is 0 Å². The first-order valence-corrected chi connectivity index (χ1v) is 7.61. The number of hydrogen-bond acceptors (Lipinski definition) is 4. The Bertz CT molecular complexity index is 547. The maximum absolute atomic E-state index is 5.31. The Hall–Kier alpha value is -1.14. The molecule has 1 N–H and O–H groups in total. The summed E-state index contributed by atoms with van der Waals surface area (Å²) in [7, 11) is 0. The second-order valence-corrected chi connectivity index (χ2v) is 5.44. The van der Waals surface area contributed by atoms with E-state index < -0.39 is 0 Å². The molecule has 0 aromatic carbocycles. The lowest BCUT2D eigenvalue weighted by molar-refractivity contribution is 0.532. The molecule has 1 unspecified atom stereocenters. The van der Waals surface area contributed by atoms with Gasteiger partial charge in [-0.05, 0) is 49.7 Å². The third-order valence-corrected chi connectivity index (χ3v) is 3.71. The number of nitrogens with zero attached hydrogens (tertiary/aromatic N) is 3. The molecule has 2 aromatic heterocycles. The fourth-order valence-corrected chi connectivity index (χ4v) is 2.70. The highest BCUT2D eigenvalue weighted by Crippen LogP contribution is 2.21. The molecule has 0 radical (unpaired) electrons. The predicted octanol–water partition coefficient (Wildman–Crippen LogP) is 3.32. The molecule has 0 aliphatic rings. The Morgan fingerprint density at radius 1 is 1.50 bits per heavy atom. The van der Waals surface area contributed by atoms with E-state index in [-0.39, 0.29) is 0 Å². The molecule has 0 aliphatic carbocycles. The summed E-state index contributed by atoms with van der Waals surface area (Å²) < 4.78 is 2.71. The summed E-state index contributed by atoms with van der Waals surface area (Å²) in [6.45, 7) is 2.16. The molecule has 0 spiro atoms. The third kappa shape index (κ3) is 2.81. The van der Waals surface area contributed by atoms with Crippen LogP contribution in [0.3, 0.4) is 0 Å². The highest BCUT2D eigenvalue weighted by atomic mass is 32.2. The van der Waals surface area contributed by atoms with E-state index in [2.05, 4.69) is 28.4 Å². The predicted molar refractivity (Wildman–Crippen MR) is 78.4 cm³/mol. The van der Waals surface area contributed by atoms with Gasteiger partial charge in [0.15, 0.2) is 10.6 Å². The number of aromatic amines is 1. The van der Waals surface area contributed by atoms with Gasteiger partial charge in [-0.3, -0.25) is 14.6 Å². The molecule has 2 heterocycles. The number of H-pyrrole nitrogens is 1. The Morgan fingerprint density at radius 3 is 3.00 bits per heavy atom. The minimum Gasteiger partial charge on any atom is -0.296 e. The largest absolute Gasteiger partial charge is 0.296 e. The fourth-order valence-electron chi connectivity index (χ4n) is 1.81. The molecule has 0 fully saturated rings. The van der Waals surface area contributed by atoms with Gasteiger partial charge in [-0.2, -0.15) is 16.9 Å². The van der Waals surface area contributed by atoms with Gasteiger partial charge in [0.25, 0.3) is 0 Å². The smallest absolute Gasteiger partial charge is 0.195 e. The van der Waals surface area contributed by atoms with Crippen LogP contribution in [0.15, 0.2) is 24.4 Å². The van der Waals surface area contributed by atoms with Crippen molar-refractivity contribution < 1.29 is 0 Å². The van der Waals surface area contributed by atoms with E-state index in [0.29, 0.717) is 10.8 Å². The van der Waals surface area contributed by atoms with E-state index in [0.717, 1.165) is 23.7 Å². The van der Waals surface area contributed by atoms with Gasteiger partial charge in [-0.15, -0.1) is 0 Å². The molecule has 0 amide bonds. The Balaban J connectivity index is 2.36. The van der Waals surface area contributed by atoms with E-state index in [1.165, 1.54) is 0 Å². The molecule has 18 heavy (non-hydrogen) atoms. The normalized spacial score (nSPS) is 12.6. The summed E-state index contributed by atoms with van der Waals surface area (Å²) in [5.74, 6) is 1.92.